The van der Waals surface area contributed by atoms with Crippen LogP contribution in [-0.2, 0) is 10.0 Å². The molecule has 1 aromatic carbocycles. The van der Waals surface area contributed by atoms with Crippen LogP contribution in [0.3, 0.4) is 0 Å². The summed E-state index contributed by atoms with van der Waals surface area (Å²) in [5.74, 6) is 0. The number of halogens is 1. The van der Waals surface area contributed by atoms with Crippen LogP contribution in [0.25, 0.3) is 0 Å². The third kappa shape index (κ3) is 3.29. The number of hydrogen-bond acceptors (Lipinski definition) is 4. The number of nitrogens with one attached hydrogen (secondary N) is 1. The first-order valence-corrected chi connectivity index (χ1v) is 8.54. The van der Waals surface area contributed by atoms with Gasteiger partial charge in [-0.15, -0.1) is 11.3 Å². The quantitative estimate of drug-likeness (QED) is 0.908. The highest BCUT2D eigenvalue weighted by Gasteiger charge is 2.18. The maximum atomic E-state index is 12.2. The second-order valence-corrected chi connectivity index (χ2v) is 8.45. The number of rotatable bonds is 4. The average Bonchev–Trinajstić information content (AvgIpc) is 2.76. The van der Waals surface area contributed by atoms with Crippen LogP contribution in [0.2, 0.25) is 0 Å². The molecule has 4 nitrogen and oxygen atoms in total. The predicted molar refractivity (Wildman–Crippen MR) is 83.6 cm³/mol. The minimum Gasteiger partial charge on any atom is -0.376 e. The van der Waals surface area contributed by atoms with Crippen molar-refractivity contribution in [3.8, 4) is 0 Å². The van der Waals surface area contributed by atoms with Gasteiger partial charge in [0.25, 0.3) is 10.0 Å². The molecule has 0 unspecified atom stereocenters. The second-order valence-electron chi connectivity index (χ2n) is 4.08. The van der Waals surface area contributed by atoms with E-state index < -0.39 is 10.0 Å². The minimum absolute atomic E-state index is 0.285. The molecule has 102 valence electrons. The van der Waals surface area contributed by atoms with E-state index in [1.54, 1.807) is 24.3 Å². The van der Waals surface area contributed by atoms with Crippen molar-refractivity contribution in [2.45, 2.75) is 4.21 Å². The molecular weight excluding hydrogens is 348 g/mol. The van der Waals surface area contributed by atoms with E-state index >= 15 is 0 Å². The van der Waals surface area contributed by atoms with E-state index in [1.165, 1.54) is 11.3 Å². The number of sulfonamides is 1. The van der Waals surface area contributed by atoms with Gasteiger partial charge in [0.15, 0.2) is 0 Å². The van der Waals surface area contributed by atoms with Crippen LogP contribution in [0, 0.1) is 0 Å². The summed E-state index contributed by atoms with van der Waals surface area (Å²) < 4.78 is 28.2. The standard InChI is InChI=1S/C12H13BrN2O2S2/c1-15(2)10-6-4-3-5-9(10)14-19(16,17)12-8-7-11(13)18-12/h3-8,14H,1-2H3. The van der Waals surface area contributed by atoms with Crippen LogP contribution in [0.15, 0.2) is 44.4 Å². The van der Waals surface area contributed by atoms with Gasteiger partial charge < -0.3 is 4.90 Å². The Morgan fingerprint density at radius 2 is 1.84 bits per heavy atom. The van der Waals surface area contributed by atoms with Crippen LogP contribution >= 0.6 is 27.3 Å². The summed E-state index contributed by atoms with van der Waals surface area (Å²) in [6.07, 6.45) is 0. The lowest BCUT2D eigenvalue weighted by Crippen LogP contribution is -2.16. The first-order chi connectivity index (χ1) is 8.90. The van der Waals surface area contributed by atoms with Crippen molar-refractivity contribution in [2.24, 2.45) is 0 Å². The fraction of sp³-hybridized carbons (Fsp3) is 0.167. The molecule has 2 aromatic rings. The third-order valence-corrected chi connectivity index (χ3v) is 5.92. The lowest BCUT2D eigenvalue weighted by Gasteiger charge is -2.17. The molecule has 0 aliphatic carbocycles. The zero-order valence-corrected chi connectivity index (χ0v) is 13.6. The van der Waals surface area contributed by atoms with Crippen molar-refractivity contribution in [3.63, 3.8) is 0 Å². The molecular formula is C12H13BrN2O2S2. The van der Waals surface area contributed by atoms with Crippen LogP contribution in [-0.4, -0.2) is 22.5 Å². The number of hydrogen-bond donors (Lipinski definition) is 1. The van der Waals surface area contributed by atoms with Crippen molar-refractivity contribution in [2.75, 3.05) is 23.7 Å². The Labute approximate surface area is 125 Å². The van der Waals surface area contributed by atoms with Crippen molar-refractivity contribution in [3.05, 3.63) is 40.2 Å². The number of benzene rings is 1. The highest BCUT2D eigenvalue weighted by molar-refractivity contribution is 9.11. The van der Waals surface area contributed by atoms with Crippen molar-refractivity contribution in [1.82, 2.24) is 0 Å². The molecule has 0 aliphatic heterocycles. The molecule has 1 N–H and O–H groups in total. The summed E-state index contributed by atoms with van der Waals surface area (Å²) in [5.41, 5.74) is 1.39. The number of thiophene rings is 1. The van der Waals surface area contributed by atoms with Crippen LogP contribution in [0.5, 0.6) is 0 Å². The fourth-order valence-corrected chi connectivity index (χ4v) is 4.67. The summed E-state index contributed by atoms with van der Waals surface area (Å²) in [5, 5.41) is 0. The minimum atomic E-state index is -3.54. The molecule has 0 radical (unpaired) electrons. The lowest BCUT2D eigenvalue weighted by molar-refractivity contribution is 0.603. The summed E-state index contributed by atoms with van der Waals surface area (Å²) >= 11 is 4.45. The topological polar surface area (TPSA) is 49.4 Å². The maximum Gasteiger partial charge on any atom is 0.271 e. The van der Waals surface area contributed by atoms with Crippen molar-refractivity contribution >= 4 is 48.7 Å². The van der Waals surface area contributed by atoms with Gasteiger partial charge in [-0.25, -0.2) is 8.42 Å². The number of nitrogens with zero attached hydrogens (tertiary/aromatic N) is 1. The van der Waals surface area contributed by atoms with E-state index in [2.05, 4.69) is 20.7 Å². The molecule has 19 heavy (non-hydrogen) atoms. The van der Waals surface area contributed by atoms with E-state index in [1.807, 2.05) is 31.1 Å². The van der Waals surface area contributed by atoms with E-state index in [4.69, 9.17) is 0 Å². The highest BCUT2D eigenvalue weighted by Crippen LogP contribution is 2.30. The Kier molecular flexibility index (Phi) is 4.17. The molecule has 0 saturated heterocycles. The first kappa shape index (κ1) is 14.4. The van der Waals surface area contributed by atoms with Crippen LogP contribution < -0.4 is 9.62 Å². The number of anilines is 2. The summed E-state index contributed by atoms with van der Waals surface area (Å²) in [6, 6.07) is 10.6. The molecule has 1 heterocycles. The van der Waals surface area contributed by atoms with Crippen molar-refractivity contribution < 1.29 is 8.42 Å². The Balaban J connectivity index is 2.36. The average molecular weight is 361 g/mol. The molecule has 0 bridgehead atoms. The van der Waals surface area contributed by atoms with Crippen molar-refractivity contribution in [1.29, 1.82) is 0 Å². The highest BCUT2D eigenvalue weighted by atomic mass is 79.9. The molecule has 0 spiro atoms. The SMILES string of the molecule is CN(C)c1ccccc1NS(=O)(=O)c1ccc(Br)s1. The molecule has 0 atom stereocenters. The summed E-state index contributed by atoms with van der Waals surface area (Å²) in [7, 11) is 0.203. The Bertz CT molecular complexity index is 681. The summed E-state index contributed by atoms with van der Waals surface area (Å²) in [4.78, 5) is 1.86. The maximum absolute atomic E-state index is 12.2. The largest absolute Gasteiger partial charge is 0.376 e. The fourth-order valence-electron chi connectivity index (χ4n) is 1.59. The number of para-hydroxylation sites is 2. The predicted octanol–water partition coefficient (Wildman–Crippen LogP) is 3.38. The molecule has 0 aliphatic rings. The van der Waals surface area contributed by atoms with E-state index in [0.29, 0.717) is 5.69 Å². The first-order valence-electron chi connectivity index (χ1n) is 5.44. The molecule has 2 rings (SSSR count). The molecule has 7 heteroatoms. The van der Waals surface area contributed by atoms with Crippen LogP contribution in [0.1, 0.15) is 0 Å². The normalized spacial score (nSPS) is 11.3. The third-order valence-electron chi connectivity index (χ3n) is 2.44. The van der Waals surface area contributed by atoms with E-state index in [0.717, 1.165) is 9.47 Å². The smallest absolute Gasteiger partial charge is 0.271 e. The summed E-state index contributed by atoms with van der Waals surface area (Å²) in [6.45, 7) is 0. The second kappa shape index (κ2) is 5.52. The molecule has 0 amide bonds. The zero-order chi connectivity index (χ0) is 14.0. The van der Waals surface area contributed by atoms with Gasteiger partial charge in [-0.05, 0) is 40.2 Å². The molecule has 1 aromatic heterocycles. The van der Waals surface area contributed by atoms with Gasteiger partial charge in [-0.1, -0.05) is 12.1 Å². The molecule has 0 fully saturated rings. The van der Waals surface area contributed by atoms with E-state index in [-0.39, 0.29) is 4.21 Å². The molecule has 0 saturated carbocycles. The Hall–Kier alpha value is -1.05. The lowest BCUT2D eigenvalue weighted by atomic mass is 10.2. The van der Waals surface area contributed by atoms with Gasteiger partial charge in [0.2, 0.25) is 0 Å². The van der Waals surface area contributed by atoms with Gasteiger partial charge >= 0.3 is 0 Å². The van der Waals surface area contributed by atoms with Gasteiger partial charge in [-0.2, -0.15) is 0 Å². The van der Waals surface area contributed by atoms with Gasteiger partial charge in [0, 0.05) is 14.1 Å². The van der Waals surface area contributed by atoms with Gasteiger partial charge in [0.1, 0.15) is 4.21 Å². The van der Waals surface area contributed by atoms with Gasteiger partial charge in [-0.3, -0.25) is 4.72 Å². The zero-order valence-electron chi connectivity index (χ0n) is 10.4. The van der Waals surface area contributed by atoms with Crippen LogP contribution in [0.4, 0.5) is 11.4 Å². The Morgan fingerprint density at radius 1 is 1.16 bits per heavy atom. The van der Waals surface area contributed by atoms with Gasteiger partial charge in [0.05, 0.1) is 15.2 Å². The van der Waals surface area contributed by atoms with E-state index in [9.17, 15) is 8.42 Å². The monoisotopic (exact) mass is 360 g/mol. The Morgan fingerprint density at radius 3 is 2.42 bits per heavy atom.